The molecular weight excluding hydrogens is 252 g/mol. The van der Waals surface area contributed by atoms with Crippen molar-refractivity contribution in [2.75, 3.05) is 0 Å². The summed E-state index contributed by atoms with van der Waals surface area (Å²) in [6.45, 7) is 5.78. The Morgan fingerprint density at radius 3 is 2.40 bits per heavy atom. The molecular formula is C16H18N2O2. The average molecular weight is 270 g/mol. The largest absolute Gasteiger partial charge is 0.352 e. The molecule has 0 fully saturated rings. The zero-order valence-electron chi connectivity index (χ0n) is 12.0. The molecule has 2 aliphatic rings. The first-order chi connectivity index (χ1) is 9.49. The summed E-state index contributed by atoms with van der Waals surface area (Å²) in [5.74, 6) is 0.150. The van der Waals surface area contributed by atoms with Crippen molar-refractivity contribution in [2.24, 2.45) is 0 Å². The molecule has 0 spiro atoms. The topological polar surface area (TPSA) is 62.0 Å². The second-order valence-corrected chi connectivity index (χ2v) is 5.56. The van der Waals surface area contributed by atoms with Crippen molar-refractivity contribution in [2.45, 2.75) is 40.0 Å². The van der Waals surface area contributed by atoms with Crippen LogP contribution in [0, 0.1) is 6.92 Å². The zero-order valence-corrected chi connectivity index (χ0v) is 12.0. The molecule has 0 bridgehead atoms. The maximum absolute atomic E-state index is 11.9. The van der Waals surface area contributed by atoms with E-state index in [1.807, 2.05) is 26.8 Å². The zero-order chi connectivity index (χ0) is 14.4. The number of allylic oxidation sites excluding steroid dienone is 1. The summed E-state index contributed by atoms with van der Waals surface area (Å²) < 4.78 is 0. The van der Waals surface area contributed by atoms with Gasteiger partial charge in [0.2, 0.25) is 0 Å². The SMILES string of the molecule is CC1=C(C)/C(=C/c2[nH]c3c(c2C)CCCC3=O)NC1=O. The number of hydrogen-bond donors (Lipinski definition) is 2. The van der Waals surface area contributed by atoms with Crippen molar-refractivity contribution in [3.8, 4) is 0 Å². The van der Waals surface area contributed by atoms with E-state index in [1.54, 1.807) is 0 Å². The molecule has 0 aromatic carbocycles. The Morgan fingerprint density at radius 2 is 1.80 bits per heavy atom. The molecule has 20 heavy (non-hydrogen) atoms. The number of aromatic nitrogens is 1. The molecule has 0 saturated carbocycles. The average Bonchev–Trinajstić information content (AvgIpc) is 2.86. The van der Waals surface area contributed by atoms with Gasteiger partial charge in [-0.3, -0.25) is 9.59 Å². The van der Waals surface area contributed by atoms with Gasteiger partial charge in [0.1, 0.15) is 0 Å². The molecule has 3 rings (SSSR count). The number of H-pyrrole nitrogens is 1. The standard InChI is InChI=1S/C16H18N2O2/c1-8-9(2)16(20)18-12(8)7-13-10(3)11-5-4-6-14(19)15(11)17-13/h7,17H,4-6H2,1-3H3,(H,18,20)/b12-7-. The number of carbonyl (C=O) groups excluding carboxylic acids is 2. The number of hydrogen-bond acceptors (Lipinski definition) is 2. The van der Waals surface area contributed by atoms with Crippen molar-refractivity contribution < 1.29 is 9.59 Å². The third-order valence-electron chi connectivity index (χ3n) is 4.37. The van der Waals surface area contributed by atoms with E-state index in [1.165, 1.54) is 0 Å². The Bertz CT molecular complexity index is 690. The van der Waals surface area contributed by atoms with E-state index in [0.29, 0.717) is 6.42 Å². The van der Waals surface area contributed by atoms with Gasteiger partial charge in [-0.1, -0.05) is 0 Å². The van der Waals surface area contributed by atoms with Gasteiger partial charge < -0.3 is 10.3 Å². The van der Waals surface area contributed by atoms with Gasteiger partial charge in [-0.05, 0) is 56.4 Å². The Balaban J connectivity index is 2.05. The fourth-order valence-electron chi connectivity index (χ4n) is 2.87. The van der Waals surface area contributed by atoms with Gasteiger partial charge in [-0.15, -0.1) is 0 Å². The molecule has 4 heteroatoms. The first-order valence-electron chi connectivity index (χ1n) is 6.94. The van der Waals surface area contributed by atoms with Crippen LogP contribution in [0.2, 0.25) is 0 Å². The number of aromatic amines is 1. The second kappa shape index (κ2) is 4.47. The quantitative estimate of drug-likeness (QED) is 0.824. The van der Waals surface area contributed by atoms with E-state index in [-0.39, 0.29) is 11.7 Å². The highest BCUT2D eigenvalue weighted by Crippen LogP contribution is 2.29. The predicted molar refractivity (Wildman–Crippen MR) is 77.3 cm³/mol. The maximum atomic E-state index is 11.9. The van der Waals surface area contributed by atoms with Crippen LogP contribution in [0.4, 0.5) is 0 Å². The molecule has 2 heterocycles. The summed E-state index contributed by atoms with van der Waals surface area (Å²) in [5.41, 5.74) is 6.47. The first kappa shape index (κ1) is 12.9. The minimum atomic E-state index is -0.0428. The van der Waals surface area contributed by atoms with Gasteiger partial charge in [0.15, 0.2) is 5.78 Å². The molecule has 1 aromatic rings. The lowest BCUT2D eigenvalue weighted by Crippen LogP contribution is -2.15. The van der Waals surface area contributed by atoms with E-state index < -0.39 is 0 Å². The molecule has 1 aromatic heterocycles. The normalized spacial score (nSPS) is 20.6. The summed E-state index contributed by atoms with van der Waals surface area (Å²) in [7, 11) is 0. The Hall–Kier alpha value is -2.10. The van der Waals surface area contributed by atoms with Crippen LogP contribution in [0.5, 0.6) is 0 Å². The summed E-state index contributed by atoms with van der Waals surface area (Å²) in [5, 5.41) is 2.86. The van der Waals surface area contributed by atoms with E-state index in [4.69, 9.17) is 0 Å². The van der Waals surface area contributed by atoms with Crippen LogP contribution in [0.1, 0.15) is 54.0 Å². The molecule has 0 radical (unpaired) electrons. The highest BCUT2D eigenvalue weighted by Gasteiger charge is 2.24. The van der Waals surface area contributed by atoms with Crippen molar-refractivity contribution in [1.29, 1.82) is 0 Å². The number of fused-ring (bicyclic) bond motifs is 1. The lowest BCUT2D eigenvalue weighted by molar-refractivity contribution is -0.116. The van der Waals surface area contributed by atoms with E-state index in [0.717, 1.165) is 52.2 Å². The van der Waals surface area contributed by atoms with Gasteiger partial charge in [-0.2, -0.15) is 0 Å². The van der Waals surface area contributed by atoms with Crippen molar-refractivity contribution in [3.05, 3.63) is 39.4 Å². The van der Waals surface area contributed by atoms with E-state index >= 15 is 0 Å². The molecule has 104 valence electrons. The molecule has 1 amide bonds. The molecule has 4 nitrogen and oxygen atoms in total. The fraction of sp³-hybridized carbons (Fsp3) is 0.375. The highest BCUT2D eigenvalue weighted by molar-refractivity contribution is 6.01. The van der Waals surface area contributed by atoms with Gasteiger partial charge in [0.25, 0.3) is 5.91 Å². The maximum Gasteiger partial charge on any atom is 0.251 e. The Morgan fingerprint density at radius 1 is 1.05 bits per heavy atom. The van der Waals surface area contributed by atoms with Crippen LogP contribution in [0.15, 0.2) is 16.8 Å². The van der Waals surface area contributed by atoms with E-state index in [9.17, 15) is 9.59 Å². The van der Waals surface area contributed by atoms with Crippen LogP contribution < -0.4 is 5.32 Å². The Kier molecular flexibility index (Phi) is 2.89. The lowest BCUT2D eigenvalue weighted by Gasteiger charge is -2.09. The van der Waals surface area contributed by atoms with Crippen LogP contribution in [-0.2, 0) is 11.2 Å². The Labute approximate surface area is 118 Å². The number of Topliss-reactive ketones (excluding diaryl/α,β-unsaturated/α-hetero) is 1. The van der Waals surface area contributed by atoms with Crippen molar-refractivity contribution in [1.82, 2.24) is 10.3 Å². The molecule has 1 aliphatic heterocycles. The minimum Gasteiger partial charge on any atom is -0.352 e. The van der Waals surface area contributed by atoms with Crippen LogP contribution in [0.3, 0.4) is 0 Å². The number of carbonyl (C=O) groups is 2. The summed E-state index contributed by atoms with van der Waals surface area (Å²) in [6.07, 6.45) is 4.44. The van der Waals surface area contributed by atoms with Crippen LogP contribution in [0.25, 0.3) is 6.08 Å². The monoisotopic (exact) mass is 270 g/mol. The third kappa shape index (κ3) is 1.83. The summed E-state index contributed by atoms with van der Waals surface area (Å²) >= 11 is 0. The summed E-state index contributed by atoms with van der Waals surface area (Å²) in [4.78, 5) is 26.8. The molecule has 0 saturated heterocycles. The highest BCUT2D eigenvalue weighted by atomic mass is 16.2. The third-order valence-corrected chi connectivity index (χ3v) is 4.37. The summed E-state index contributed by atoms with van der Waals surface area (Å²) in [6, 6.07) is 0. The second-order valence-electron chi connectivity index (χ2n) is 5.56. The molecule has 0 unspecified atom stereocenters. The molecule has 2 N–H and O–H groups in total. The minimum absolute atomic E-state index is 0.0428. The molecule has 0 atom stereocenters. The smallest absolute Gasteiger partial charge is 0.251 e. The lowest BCUT2D eigenvalue weighted by atomic mass is 9.94. The number of rotatable bonds is 1. The number of nitrogens with one attached hydrogen (secondary N) is 2. The fourth-order valence-corrected chi connectivity index (χ4v) is 2.87. The predicted octanol–water partition coefficient (Wildman–Crippen LogP) is 2.65. The van der Waals surface area contributed by atoms with Crippen molar-refractivity contribution >= 4 is 17.8 Å². The van der Waals surface area contributed by atoms with E-state index in [2.05, 4.69) is 10.3 Å². The van der Waals surface area contributed by atoms with Gasteiger partial charge in [0.05, 0.1) is 5.69 Å². The number of amides is 1. The van der Waals surface area contributed by atoms with Gasteiger partial charge >= 0.3 is 0 Å². The first-order valence-corrected chi connectivity index (χ1v) is 6.94. The molecule has 1 aliphatic carbocycles. The van der Waals surface area contributed by atoms with Gasteiger partial charge in [-0.25, -0.2) is 0 Å². The van der Waals surface area contributed by atoms with Gasteiger partial charge in [0, 0.05) is 23.4 Å². The number of ketones is 1. The van der Waals surface area contributed by atoms with Crippen LogP contribution >= 0.6 is 0 Å². The van der Waals surface area contributed by atoms with Crippen LogP contribution in [-0.4, -0.2) is 16.7 Å². The van der Waals surface area contributed by atoms with Crippen molar-refractivity contribution in [3.63, 3.8) is 0 Å².